The van der Waals surface area contributed by atoms with Crippen LogP contribution in [0.1, 0.15) is 31.9 Å². The van der Waals surface area contributed by atoms with Gasteiger partial charge in [0.15, 0.2) is 0 Å². The maximum absolute atomic E-state index is 13.4. The maximum Gasteiger partial charge on any atom is 0.509 e. The van der Waals surface area contributed by atoms with E-state index in [1.54, 1.807) is 31.7 Å². The lowest BCUT2D eigenvalue weighted by Crippen LogP contribution is -2.50. The van der Waals surface area contributed by atoms with E-state index in [0.29, 0.717) is 37.4 Å². The number of hydrogen-bond acceptors (Lipinski definition) is 4. The Labute approximate surface area is 152 Å². The molecule has 0 spiro atoms. The fourth-order valence-corrected chi connectivity index (χ4v) is 3.02. The first-order chi connectivity index (χ1) is 11.9. The third-order valence-corrected chi connectivity index (χ3v) is 4.34. The molecule has 1 aliphatic rings. The number of carbonyl (C=O) groups is 1. The zero-order valence-corrected chi connectivity index (χ0v) is 15.7. The molecule has 0 atom stereocenters. The van der Waals surface area contributed by atoms with Crippen molar-refractivity contribution in [2.24, 2.45) is 5.73 Å². The van der Waals surface area contributed by atoms with Gasteiger partial charge < -0.3 is 33.2 Å². The molecule has 0 aliphatic carbocycles. The van der Waals surface area contributed by atoms with Gasteiger partial charge in [-0.1, -0.05) is 11.6 Å². The second-order valence-electron chi connectivity index (χ2n) is 7.56. The van der Waals surface area contributed by atoms with Crippen LogP contribution in [0.3, 0.4) is 0 Å². The number of anilines is 1. The summed E-state index contributed by atoms with van der Waals surface area (Å²) < 4.78 is 45.5. The van der Waals surface area contributed by atoms with Crippen molar-refractivity contribution < 1.29 is 22.5 Å². The number of rotatable bonds is 3. The van der Waals surface area contributed by atoms with Gasteiger partial charge in [-0.25, -0.2) is 4.79 Å². The average Bonchev–Trinajstić information content (AvgIpc) is 2.52. The highest BCUT2D eigenvalue weighted by Crippen LogP contribution is 2.25. The van der Waals surface area contributed by atoms with Gasteiger partial charge in [0.2, 0.25) is 0 Å². The van der Waals surface area contributed by atoms with Crippen molar-refractivity contribution in [1.82, 2.24) is 4.90 Å². The van der Waals surface area contributed by atoms with E-state index in [0.717, 1.165) is 6.07 Å². The van der Waals surface area contributed by atoms with Crippen molar-refractivity contribution in [2.75, 3.05) is 31.1 Å². The predicted octanol–water partition coefficient (Wildman–Crippen LogP) is 2.57. The number of hydrogen-bond donors (Lipinski definition) is 1. The quantitative estimate of drug-likeness (QED) is 0.829. The molecule has 1 heterocycles. The van der Waals surface area contributed by atoms with Crippen molar-refractivity contribution in [2.45, 2.75) is 39.8 Å². The van der Waals surface area contributed by atoms with Crippen LogP contribution < -0.4 is 16.1 Å². The van der Waals surface area contributed by atoms with Crippen LogP contribution in [0.15, 0.2) is 12.1 Å². The van der Waals surface area contributed by atoms with Crippen LogP contribution in [0.25, 0.3) is 0 Å². The van der Waals surface area contributed by atoms with E-state index in [4.69, 9.17) is 10.5 Å². The second kappa shape index (κ2) is 7.38. The standard InChI is InChI=1S/C17H26BF3N3O2/c1-12-14(18(19,20)21)9-13(11-22)10-15(12)23-5-7-24(8-6-23)16(25)26-17(2,3)4/h9-10H,5-8,11,22H2,1-4H3/q-1. The summed E-state index contributed by atoms with van der Waals surface area (Å²) in [7, 11) is 0. The first-order valence-corrected chi connectivity index (χ1v) is 8.68. The number of benzene rings is 1. The Morgan fingerprint density at radius 3 is 2.23 bits per heavy atom. The van der Waals surface area contributed by atoms with E-state index < -0.39 is 24.1 Å². The lowest BCUT2D eigenvalue weighted by atomic mass is 9.75. The summed E-state index contributed by atoms with van der Waals surface area (Å²) >= 11 is 0. The number of nitrogens with two attached hydrogens (primary N) is 1. The van der Waals surface area contributed by atoms with E-state index in [2.05, 4.69) is 0 Å². The Hall–Kier alpha value is -1.90. The van der Waals surface area contributed by atoms with Gasteiger partial charge in [0.25, 0.3) is 0 Å². The molecule has 1 amide bonds. The molecular weight excluding hydrogens is 346 g/mol. The van der Waals surface area contributed by atoms with Crippen molar-refractivity contribution in [1.29, 1.82) is 0 Å². The molecule has 1 saturated heterocycles. The molecule has 0 radical (unpaired) electrons. The van der Waals surface area contributed by atoms with Gasteiger partial charge in [-0.3, -0.25) is 0 Å². The van der Waals surface area contributed by atoms with Crippen molar-refractivity contribution in [3.05, 3.63) is 23.3 Å². The zero-order chi connectivity index (χ0) is 19.7. The highest BCUT2D eigenvalue weighted by molar-refractivity contribution is 6.74. The number of ether oxygens (including phenoxy) is 1. The average molecular weight is 372 g/mol. The minimum absolute atomic E-state index is 0.0459. The Morgan fingerprint density at radius 1 is 1.19 bits per heavy atom. The lowest BCUT2D eigenvalue weighted by Gasteiger charge is -2.38. The summed E-state index contributed by atoms with van der Waals surface area (Å²) in [6.45, 7) is 3.48. The van der Waals surface area contributed by atoms with Gasteiger partial charge in [-0.05, 0) is 39.3 Å². The van der Waals surface area contributed by atoms with Crippen LogP contribution in [0.5, 0.6) is 0 Å². The smallest absolute Gasteiger partial charge is 0.445 e. The van der Waals surface area contributed by atoms with Crippen LogP contribution >= 0.6 is 0 Å². The topological polar surface area (TPSA) is 58.8 Å². The van der Waals surface area contributed by atoms with Gasteiger partial charge in [-0.2, -0.15) is 0 Å². The molecule has 0 aromatic heterocycles. The Morgan fingerprint density at radius 2 is 1.77 bits per heavy atom. The fraction of sp³-hybridized carbons (Fsp3) is 0.588. The molecule has 5 nitrogen and oxygen atoms in total. The molecule has 146 valence electrons. The van der Waals surface area contributed by atoms with E-state index in [9.17, 15) is 17.7 Å². The van der Waals surface area contributed by atoms with Crippen molar-refractivity contribution >= 4 is 24.2 Å². The summed E-state index contributed by atoms with van der Waals surface area (Å²) in [5, 5.41) is 0. The molecule has 0 saturated carbocycles. The van der Waals surface area contributed by atoms with Gasteiger partial charge in [-0.15, -0.1) is 5.46 Å². The number of amides is 1. The Balaban J connectivity index is 2.18. The van der Waals surface area contributed by atoms with Crippen LogP contribution in [-0.2, 0) is 11.3 Å². The molecule has 1 aromatic carbocycles. The normalized spacial score (nSPS) is 16.0. The number of carbonyl (C=O) groups excluding carboxylic acids is 1. The molecule has 1 fully saturated rings. The van der Waals surface area contributed by atoms with Crippen LogP contribution in [0, 0.1) is 6.92 Å². The highest BCUT2D eigenvalue weighted by atomic mass is 19.4. The molecule has 1 aromatic rings. The SMILES string of the molecule is Cc1c(N2CCN(C(=O)OC(C)(C)C)CC2)cc(CN)cc1[B-](F)(F)F. The number of halogens is 3. The van der Waals surface area contributed by atoms with E-state index in [1.807, 2.05) is 4.90 Å². The third kappa shape index (κ3) is 4.84. The van der Waals surface area contributed by atoms with E-state index >= 15 is 0 Å². The molecule has 9 heteroatoms. The van der Waals surface area contributed by atoms with E-state index in [-0.39, 0.29) is 12.1 Å². The molecule has 2 rings (SSSR count). The minimum atomic E-state index is -5.11. The van der Waals surface area contributed by atoms with Crippen molar-refractivity contribution in [3.63, 3.8) is 0 Å². The lowest BCUT2D eigenvalue weighted by molar-refractivity contribution is 0.0240. The molecule has 2 N–H and O–H groups in total. The number of nitrogens with zero attached hydrogens (tertiary/aromatic N) is 2. The third-order valence-electron chi connectivity index (χ3n) is 4.34. The summed E-state index contributed by atoms with van der Waals surface area (Å²) in [5.74, 6) is 0. The summed E-state index contributed by atoms with van der Waals surface area (Å²) in [6, 6.07) is 2.85. The second-order valence-corrected chi connectivity index (χ2v) is 7.56. The molecule has 0 unspecified atom stereocenters. The summed E-state index contributed by atoms with van der Waals surface area (Å²) in [4.78, 5) is 15.6. The minimum Gasteiger partial charge on any atom is -0.445 e. The Kier molecular flexibility index (Phi) is 5.80. The molecule has 1 aliphatic heterocycles. The first kappa shape index (κ1) is 20.4. The number of piperazine rings is 1. The Bertz CT molecular complexity index is 666. The van der Waals surface area contributed by atoms with Crippen LogP contribution in [0.4, 0.5) is 23.4 Å². The van der Waals surface area contributed by atoms with Gasteiger partial charge >= 0.3 is 13.1 Å². The predicted molar refractivity (Wildman–Crippen MR) is 97.8 cm³/mol. The van der Waals surface area contributed by atoms with Crippen LogP contribution in [0.2, 0.25) is 0 Å². The van der Waals surface area contributed by atoms with E-state index in [1.165, 1.54) is 6.92 Å². The van der Waals surface area contributed by atoms with Gasteiger partial charge in [0.05, 0.1) is 0 Å². The summed E-state index contributed by atoms with van der Waals surface area (Å²) in [6.07, 6.45) is -0.399. The molecule has 0 bridgehead atoms. The van der Waals surface area contributed by atoms with Gasteiger partial charge in [0, 0.05) is 38.4 Å². The highest BCUT2D eigenvalue weighted by Gasteiger charge is 2.31. The van der Waals surface area contributed by atoms with Crippen LogP contribution in [-0.4, -0.2) is 49.8 Å². The van der Waals surface area contributed by atoms with Crippen molar-refractivity contribution in [3.8, 4) is 0 Å². The monoisotopic (exact) mass is 372 g/mol. The first-order valence-electron chi connectivity index (χ1n) is 8.68. The van der Waals surface area contributed by atoms with Gasteiger partial charge in [0.1, 0.15) is 5.60 Å². The summed E-state index contributed by atoms with van der Waals surface area (Å²) in [5.41, 5.74) is 5.60. The fourth-order valence-electron chi connectivity index (χ4n) is 3.02. The largest absolute Gasteiger partial charge is 0.509 e. The molecule has 26 heavy (non-hydrogen) atoms. The zero-order valence-electron chi connectivity index (χ0n) is 15.7. The maximum atomic E-state index is 13.4. The molecular formula is C17H26BF3N3O2-.